The summed E-state index contributed by atoms with van der Waals surface area (Å²) in [6, 6.07) is 0. The molecule has 0 aromatic carbocycles. The van der Waals surface area contributed by atoms with Crippen LogP contribution >= 0.6 is 0 Å². The summed E-state index contributed by atoms with van der Waals surface area (Å²) in [6.45, 7) is -0.0140. The number of allylic oxidation sites excluding steroid dienone is 4. The van der Waals surface area contributed by atoms with Gasteiger partial charge < -0.3 is 14.8 Å². The van der Waals surface area contributed by atoms with Gasteiger partial charge in [0.15, 0.2) is 5.78 Å². The molecular weight excluding hydrogens is 272 g/mol. The van der Waals surface area contributed by atoms with Crippen LogP contribution in [0.2, 0.25) is 0 Å². The number of ether oxygens (including phenoxy) is 1. The van der Waals surface area contributed by atoms with Gasteiger partial charge in [0, 0.05) is 38.6 Å². The van der Waals surface area contributed by atoms with Gasteiger partial charge in [-0.2, -0.15) is 0 Å². The van der Waals surface area contributed by atoms with Crippen LogP contribution in [0, 0.1) is 13.0 Å². The quantitative estimate of drug-likeness (QED) is 0.557. The van der Waals surface area contributed by atoms with Crippen molar-refractivity contribution in [2.75, 3.05) is 6.61 Å². The van der Waals surface area contributed by atoms with Crippen LogP contribution in [0.5, 0.6) is 0 Å². The van der Waals surface area contributed by atoms with Gasteiger partial charge in [0.1, 0.15) is 0 Å². The van der Waals surface area contributed by atoms with Crippen LogP contribution in [-0.4, -0.2) is 29.6 Å². The minimum Gasteiger partial charge on any atom is -0.550 e. The Bertz CT molecular complexity index is 275. The SMILES string of the molecule is [CH2-]OCC(=O)C1C=CC(B(O)O)=CC1.[Y]. The zero-order valence-electron chi connectivity index (χ0n) is 8.30. The predicted octanol–water partition coefficient (Wildman–Crippen LogP) is -0.124. The van der Waals surface area contributed by atoms with E-state index in [4.69, 9.17) is 10.0 Å². The molecule has 1 rings (SSSR count). The molecule has 4 nitrogen and oxygen atoms in total. The van der Waals surface area contributed by atoms with Gasteiger partial charge in [-0.15, -0.1) is 0 Å². The second kappa shape index (κ2) is 7.47. The van der Waals surface area contributed by atoms with Crippen LogP contribution in [0.3, 0.4) is 0 Å². The third-order valence-corrected chi connectivity index (χ3v) is 2.08. The number of rotatable bonds is 4. The van der Waals surface area contributed by atoms with Gasteiger partial charge >= 0.3 is 7.12 Å². The third-order valence-electron chi connectivity index (χ3n) is 2.08. The molecule has 0 heterocycles. The number of hydrogen-bond acceptors (Lipinski definition) is 4. The molecule has 79 valence electrons. The van der Waals surface area contributed by atoms with Gasteiger partial charge in [-0.25, -0.2) is 7.11 Å². The second-order valence-corrected chi connectivity index (χ2v) is 3.09. The van der Waals surface area contributed by atoms with Gasteiger partial charge in [0.25, 0.3) is 0 Å². The maximum atomic E-state index is 11.3. The molecule has 0 fully saturated rings. The van der Waals surface area contributed by atoms with E-state index in [0.29, 0.717) is 11.9 Å². The molecule has 0 spiro atoms. The van der Waals surface area contributed by atoms with Crippen LogP contribution in [0.1, 0.15) is 6.42 Å². The van der Waals surface area contributed by atoms with Crippen LogP contribution < -0.4 is 0 Å². The van der Waals surface area contributed by atoms with Crippen molar-refractivity contribution in [3.8, 4) is 0 Å². The molecule has 0 amide bonds. The second-order valence-electron chi connectivity index (χ2n) is 3.09. The van der Waals surface area contributed by atoms with Crippen LogP contribution in [0.15, 0.2) is 23.7 Å². The minimum absolute atomic E-state index is 0. The fourth-order valence-electron chi connectivity index (χ4n) is 1.27. The number of hydrogen-bond donors (Lipinski definition) is 2. The third kappa shape index (κ3) is 4.70. The van der Waals surface area contributed by atoms with Crippen molar-refractivity contribution in [2.45, 2.75) is 6.42 Å². The molecule has 6 heteroatoms. The molecular formula is C9H12BO4Y-. The van der Waals surface area contributed by atoms with E-state index in [2.05, 4.69) is 11.8 Å². The Morgan fingerprint density at radius 2 is 2.33 bits per heavy atom. The molecule has 0 aromatic rings. The first-order valence-electron chi connectivity index (χ1n) is 4.29. The maximum Gasteiger partial charge on any atom is 0.488 e. The van der Waals surface area contributed by atoms with E-state index in [9.17, 15) is 4.79 Å². The van der Waals surface area contributed by atoms with Crippen molar-refractivity contribution >= 4 is 12.9 Å². The normalized spacial score (nSPS) is 19.1. The number of ketones is 1. The van der Waals surface area contributed by atoms with E-state index in [1.165, 1.54) is 0 Å². The first-order valence-corrected chi connectivity index (χ1v) is 4.29. The van der Waals surface area contributed by atoms with Crippen molar-refractivity contribution in [3.63, 3.8) is 0 Å². The van der Waals surface area contributed by atoms with Crippen molar-refractivity contribution in [3.05, 3.63) is 30.8 Å². The van der Waals surface area contributed by atoms with Crippen molar-refractivity contribution < 1.29 is 52.3 Å². The van der Waals surface area contributed by atoms with Gasteiger partial charge in [-0.1, -0.05) is 18.2 Å². The van der Waals surface area contributed by atoms with Crippen LogP contribution in [-0.2, 0) is 42.2 Å². The molecule has 2 N–H and O–H groups in total. The summed E-state index contributed by atoms with van der Waals surface area (Å²) in [5.41, 5.74) is 0.421. The first-order chi connectivity index (χ1) is 6.65. The Morgan fingerprint density at radius 1 is 1.67 bits per heavy atom. The Morgan fingerprint density at radius 3 is 2.73 bits per heavy atom. The zero-order chi connectivity index (χ0) is 10.6. The Balaban J connectivity index is 0.00000196. The van der Waals surface area contributed by atoms with Crippen LogP contribution in [0.25, 0.3) is 0 Å². The van der Waals surface area contributed by atoms with E-state index in [1.807, 2.05) is 0 Å². The molecule has 1 unspecified atom stereocenters. The molecule has 1 radical (unpaired) electrons. The summed E-state index contributed by atoms with van der Waals surface area (Å²) in [5.74, 6) is -0.293. The first kappa shape index (κ1) is 15.2. The molecule has 0 aromatic heterocycles. The van der Waals surface area contributed by atoms with E-state index < -0.39 is 7.12 Å². The van der Waals surface area contributed by atoms with Gasteiger partial charge in [0.05, 0.1) is 6.61 Å². The average Bonchev–Trinajstić information content (AvgIpc) is 2.18. The van der Waals surface area contributed by atoms with E-state index in [-0.39, 0.29) is 51.0 Å². The molecule has 1 atom stereocenters. The molecule has 15 heavy (non-hydrogen) atoms. The summed E-state index contributed by atoms with van der Waals surface area (Å²) in [6.07, 6.45) is 5.30. The van der Waals surface area contributed by atoms with Crippen molar-refractivity contribution in [2.24, 2.45) is 5.92 Å². The Hall–Kier alpha value is 0.199. The Kier molecular flexibility index (Phi) is 7.57. The largest absolute Gasteiger partial charge is 0.550 e. The Labute approximate surface area is 114 Å². The van der Waals surface area contributed by atoms with Gasteiger partial charge in [-0.3, -0.25) is 4.79 Å². The summed E-state index contributed by atoms with van der Waals surface area (Å²) < 4.78 is 4.48. The monoisotopic (exact) mass is 284 g/mol. The minimum atomic E-state index is -1.47. The van der Waals surface area contributed by atoms with E-state index in [1.54, 1.807) is 18.2 Å². The van der Waals surface area contributed by atoms with Crippen molar-refractivity contribution in [1.29, 1.82) is 0 Å². The van der Waals surface area contributed by atoms with E-state index >= 15 is 0 Å². The zero-order valence-corrected chi connectivity index (χ0v) is 11.1. The standard InChI is InChI=1S/C9H12BO4.Y/c1-14-6-9(11)7-2-4-8(5-3-7)10(12)13;/h2,4-5,7,12-13H,1,3,6H2;/q-1;. The van der Waals surface area contributed by atoms with Crippen LogP contribution in [0.4, 0.5) is 0 Å². The summed E-state index contributed by atoms with van der Waals surface area (Å²) in [5, 5.41) is 17.6. The summed E-state index contributed by atoms with van der Waals surface area (Å²) in [7, 11) is 1.66. The molecule has 0 bridgehead atoms. The number of carbonyl (C=O) groups excluding carboxylic acids is 1. The van der Waals surface area contributed by atoms with E-state index in [0.717, 1.165) is 0 Å². The topological polar surface area (TPSA) is 66.8 Å². The fourth-order valence-corrected chi connectivity index (χ4v) is 1.27. The van der Waals surface area contributed by atoms with Gasteiger partial charge in [0.2, 0.25) is 0 Å². The van der Waals surface area contributed by atoms with Gasteiger partial charge in [-0.05, 0) is 11.9 Å². The number of Topliss-reactive ketones (excluding diaryl/α,β-unsaturated/α-hetero) is 1. The maximum absolute atomic E-state index is 11.3. The summed E-state index contributed by atoms with van der Waals surface area (Å²) in [4.78, 5) is 11.3. The molecule has 1 aliphatic rings. The molecule has 0 aliphatic heterocycles. The molecule has 1 aliphatic carbocycles. The fraction of sp³-hybridized carbons (Fsp3) is 0.333. The van der Waals surface area contributed by atoms with Crippen molar-refractivity contribution in [1.82, 2.24) is 0 Å². The number of carbonyl (C=O) groups is 1. The molecule has 0 saturated carbocycles. The summed E-state index contributed by atoms with van der Waals surface area (Å²) >= 11 is 0. The smallest absolute Gasteiger partial charge is 0.488 e. The average molecular weight is 284 g/mol. The predicted molar refractivity (Wildman–Crippen MR) is 51.8 cm³/mol. The molecule has 0 saturated heterocycles.